The van der Waals surface area contributed by atoms with E-state index >= 15 is 0 Å². The molecule has 14 heavy (non-hydrogen) atoms. The first-order chi connectivity index (χ1) is 6.38. The van der Waals surface area contributed by atoms with E-state index < -0.39 is 12.6 Å². The number of rotatable bonds is 2. The van der Waals surface area contributed by atoms with Crippen molar-refractivity contribution in [2.45, 2.75) is 32.4 Å². The van der Waals surface area contributed by atoms with Crippen molar-refractivity contribution in [3.63, 3.8) is 0 Å². The minimum atomic E-state index is -4.11. The van der Waals surface area contributed by atoms with Gasteiger partial charge < -0.3 is 0 Å². The first-order valence-corrected chi connectivity index (χ1v) is 4.54. The summed E-state index contributed by atoms with van der Waals surface area (Å²) >= 11 is 0. The van der Waals surface area contributed by atoms with Crippen LogP contribution in [0.25, 0.3) is 0 Å². The standard InChI is InChI=1S/C11H13F3/c1-8(2)10-5-3-9(4-6-10)7-11(12,13)14/h3-6,8H,7H2,1-2H3. The predicted octanol–water partition coefficient (Wildman–Crippen LogP) is 3.91. The van der Waals surface area contributed by atoms with Gasteiger partial charge in [0, 0.05) is 0 Å². The largest absolute Gasteiger partial charge is 0.393 e. The molecule has 0 bridgehead atoms. The van der Waals surface area contributed by atoms with Gasteiger partial charge in [-0.25, -0.2) is 0 Å². The van der Waals surface area contributed by atoms with Crippen molar-refractivity contribution in [1.29, 1.82) is 0 Å². The molecule has 0 nitrogen and oxygen atoms in total. The molecule has 0 aliphatic carbocycles. The van der Waals surface area contributed by atoms with Gasteiger partial charge >= 0.3 is 6.18 Å². The minimum Gasteiger partial charge on any atom is -0.171 e. The summed E-state index contributed by atoms with van der Waals surface area (Å²) in [6.45, 7) is 4.03. The summed E-state index contributed by atoms with van der Waals surface area (Å²) in [6, 6.07) is 6.60. The molecule has 0 aliphatic heterocycles. The van der Waals surface area contributed by atoms with Crippen LogP contribution in [0.1, 0.15) is 30.9 Å². The molecule has 78 valence electrons. The molecule has 0 heterocycles. The monoisotopic (exact) mass is 202 g/mol. The molecule has 1 aromatic carbocycles. The van der Waals surface area contributed by atoms with E-state index in [1.165, 1.54) is 0 Å². The molecule has 0 atom stereocenters. The summed E-state index contributed by atoms with van der Waals surface area (Å²) in [5, 5.41) is 0. The van der Waals surface area contributed by atoms with Gasteiger partial charge in [-0.15, -0.1) is 0 Å². The third-order valence-corrected chi connectivity index (χ3v) is 2.05. The van der Waals surface area contributed by atoms with Crippen LogP contribution >= 0.6 is 0 Å². The van der Waals surface area contributed by atoms with Crippen molar-refractivity contribution < 1.29 is 13.2 Å². The number of halogens is 3. The smallest absolute Gasteiger partial charge is 0.171 e. The summed E-state index contributed by atoms with van der Waals surface area (Å²) in [4.78, 5) is 0. The van der Waals surface area contributed by atoms with E-state index in [1.807, 2.05) is 13.8 Å². The van der Waals surface area contributed by atoms with Crippen molar-refractivity contribution in [2.24, 2.45) is 0 Å². The van der Waals surface area contributed by atoms with Crippen LogP contribution in [0.15, 0.2) is 24.3 Å². The zero-order valence-corrected chi connectivity index (χ0v) is 8.23. The van der Waals surface area contributed by atoms with Gasteiger partial charge in [-0.3, -0.25) is 0 Å². The molecule has 1 rings (SSSR count). The van der Waals surface area contributed by atoms with Crippen LogP contribution in [-0.2, 0) is 6.42 Å². The molecule has 0 aliphatic rings. The molecule has 0 amide bonds. The number of alkyl halides is 3. The quantitative estimate of drug-likeness (QED) is 0.682. The number of hydrogen-bond acceptors (Lipinski definition) is 0. The Balaban J connectivity index is 2.74. The SMILES string of the molecule is CC(C)c1ccc(CC(F)(F)F)cc1. The molecular weight excluding hydrogens is 189 g/mol. The Morgan fingerprint density at radius 2 is 1.57 bits per heavy atom. The van der Waals surface area contributed by atoms with Gasteiger partial charge in [0.25, 0.3) is 0 Å². The molecule has 0 fully saturated rings. The average Bonchev–Trinajstić information content (AvgIpc) is 2.02. The molecule has 0 unspecified atom stereocenters. The second-order valence-corrected chi connectivity index (χ2v) is 3.69. The fourth-order valence-corrected chi connectivity index (χ4v) is 1.25. The lowest BCUT2D eigenvalue weighted by Gasteiger charge is -2.08. The second kappa shape index (κ2) is 4.03. The van der Waals surface area contributed by atoms with Crippen molar-refractivity contribution >= 4 is 0 Å². The highest BCUT2D eigenvalue weighted by Crippen LogP contribution is 2.22. The second-order valence-electron chi connectivity index (χ2n) is 3.69. The van der Waals surface area contributed by atoms with Crippen molar-refractivity contribution in [3.05, 3.63) is 35.4 Å². The maximum atomic E-state index is 12.0. The van der Waals surface area contributed by atoms with Gasteiger partial charge in [0.05, 0.1) is 6.42 Å². The van der Waals surface area contributed by atoms with Crippen LogP contribution in [0.2, 0.25) is 0 Å². The van der Waals surface area contributed by atoms with E-state index in [4.69, 9.17) is 0 Å². The van der Waals surface area contributed by atoms with Gasteiger partial charge in [-0.1, -0.05) is 38.1 Å². The van der Waals surface area contributed by atoms with Crippen LogP contribution < -0.4 is 0 Å². The molecule has 0 spiro atoms. The maximum absolute atomic E-state index is 12.0. The fourth-order valence-electron chi connectivity index (χ4n) is 1.25. The van der Waals surface area contributed by atoms with E-state index in [1.54, 1.807) is 24.3 Å². The van der Waals surface area contributed by atoms with Gasteiger partial charge in [0.2, 0.25) is 0 Å². The maximum Gasteiger partial charge on any atom is 0.393 e. The first kappa shape index (κ1) is 11.1. The van der Waals surface area contributed by atoms with Crippen LogP contribution in [-0.4, -0.2) is 6.18 Å². The first-order valence-electron chi connectivity index (χ1n) is 4.54. The van der Waals surface area contributed by atoms with Crippen LogP contribution in [0.4, 0.5) is 13.2 Å². The van der Waals surface area contributed by atoms with Crippen LogP contribution in [0.5, 0.6) is 0 Å². The van der Waals surface area contributed by atoms with E-state index in [-0.39, 0.29) is 0 Å². The van der Waals surface area contributed by atoms with E-state index in [2.05, 4.69) is 0 Å². The molecular formula is C11H13F3. The summed E-state index contributed by atoms with van der Waals surface area (Å²) < 4.78 is 36.0. The normalized spacial score (nSPS) is 12.1. The molecule has 3 heteroatoms. The Morgan fingerprint density at radius 1 is 1.07 bits per heavy atom. The van der Waals surface area contributed by atoms with Crippen molar-refractivity contribution in [3.8, 4) is 0 Å². The van der Waals surface area contributed by atoms with E-state index in [9.17, 15) is 13.2 Å². The molecule has 0 saturated carbocycles. The Hall–Kier alpha value is -0.990. The summed E-state index contributed by atoms with van der Waals surface area (Å²) in [7, 11) is 0. The van der Waals surface area contributed by atoms with Crippen LogP contribution in [0, 0.1) is 0 Å². The highest BCUT2D eigenvalue weighted by Gasteiger charge is 2.27. The van der Waals surface area contributed by atoms with Gasteiger partial charge in [0.1, 0.15) is 0 Å². The summed E-state index contributed by atoms with van der Waals surface area (Å²) in [6.07, 6.45) is -4.95. The van der Waals surface area contributed by atoms with Crippen molar-refractivity contribution in [2.75, 3.05) is 0 Å². The van der Waals surface area contributed by atoms with Gasteiger partial charge in [-0.2, -0.15) is 13.2 Å². The molecule has 0 saturated heterocycles. The zero-order chi connectivity index (χ0) is 10.8. The van der Waals surface area contributed by atoms with E-state index in [0.29, 0.717) is 11.5 Å². The Morgan fingerprint density at radius 3 is 1.93 bits per heavy atom. The Bertz CT molecular complexity index is 282. The topological polar surface area (TPSA) is 0 Å². The average molecular weight is 202 g/mol. The molecule has 0 radical (unpaired) electrons. The highest BCUT2D eigenvalue weighted by molar-refractivity contribution is 5.25. The highest BCUT2D eigenvalue weighted by atomic mass is 19.4. The fraction of sp³-hybridized carbons (Fsp3) is 0.455. The molecule has 0 N–H and O–H groups in total. The lowest BCUT2D eigenvalue weighted by atomic mass is 10.0. The third-order valence-electron chi connectivity index (χ3n) is 2.05. The Labute approximate surface area is 81.8 Å². The lowest BCUT2D eigenvalue weighted by Crippen LogP contribution is -2.11. The van der Waals surface area contributed by atoms with Gasteiger partial charge in [-0.05, 0) is 17.0 Å². The predicted molar refractivity (Wildman–Crippen MR) is 50.3 cm³/mol. The van der Waals surface area contributed by atoms with Gasteiger partial charge in [0.15, 0.2) is 0 Å². The summed E-state index contributed by atoms with van der Waals surface area (Å²) in [5.41, 5.74) is 1.39. The van der Waals surface area contributed by atoms with Crippen molar-refractivity contribution in [1.82, 2.24) is 0 Å². The summed E-state index contributed by atoms with van der Waals surface area (Å²) in [5.74, 6) is 0.356. The third kappa shape index (κ3) is 3.40. The minimum absolute atomic E-state index is 0.321. The number of hydrogen-bond donors (Lipinski definition) is 0. The number of benzene rings is 1. The van der Waals surface area contributed by atoms with E-state index in [0.717, 1.165) is 5.56 Å². The zero-order valence-electron chi connectivity index (χ0n) is 8.23. The lowest BCUT2D eigenvalue weighted by molar-refractivity contribution is -0.127. The van der Waals surface area contributed by atoms with Crippen LogP contribution in [0.3, 0.4) is 0 Å². The Kier molecular flexibility index (Phi) is 3.19. The molecule has 1 aromatic rings. The molecule has 0 aromatic heterocycles.